The molecule has 0 saturated carbocycles. The summed E-state index contributed by atoms with van der Waals surface area (Å²) in [7, 11) is -3.92. The van der Waals surface area contributed by atoms with E-state index in [0.29, 0.717) is 11.3 Å². The maximum absolute atomic E-state index is 12.6. The molecular formula is C20H13Cl2N3O3S. The molecule has 0 heterocycles. The van der Waals surface area contributed by atoms with Gasteiger partial charge in [0, 0.05) is 16.9 Å². The number of amides is 1. The van der Waals surface area contributed by atoms with Crippen LogP contribution in [0.3, 0.4) is 0 Å². The van der Waals surface area contributed by atoms with E-state index in [1.54, 1.807) is 30.3 Å². The maximum atomic E-state index is 12.6. The first-order valence-electron chi connectivity index (χ1n) is 8.18. The summed E-state index contributed by atoms with van der Waals surface area (Å²) in [6.07, 6.45) is 0. The number of rotatable bonds is 5. The van der Waals surface area contributed by atoms with Gasteiger partial charge in [-0.25, -0.2) is 8.42 Å². The molecule has 0 aliphatic rings. The largest absolute Gasteiger partial charge is 0.322 e. The summed E-state index contributed by atoms with van der Waals surface area (Å²) in [6, 6.07) is 18.4. The second-order valence-electron chi connectivity index (χ2n) is 5.91. The van der Waals surface area contributed by atoms with Gasteiger partial charge in [-0.1, -0.05) is 35.3 Å². The van der Waals surface area contributed by atoms with Gasteiger partial charge in [-0.05, 0) is 54.6 Å². The van der Waals surface area contributed by atoms with Crippen LogP contribution in [0.25, 0.3) is 0 Å². The van der Waals surface area contributed by atoms with Crippen molar-refractivity contribution in [1.29, 1.82) is 5.26 Å². The molecule has 1 amide bonds. The third-order valence-corrected chi connectivity index (χ3v) is 5.95. The number of nitrogens with zero attached hydrogens (tertiary/aromatic N) is 1. The van der Waals surface area contributed by atoms with Gasteiger partial charge in [-0.15, -0.1) is 0 Å². The Hall–Kier alpha value is -3.05. The smallest absolute Gasteiger partial charge is 0.261 e. The second-order valence-corrected chi connectivity index (χ2v) is 8.41. The van der Waals surface area contributed by atoms with Gasteiger partial charge in [0.15, 0.2) is 0 Å². The van der Waals surface area contributed by atoms with Gasteiger partial charge in [-0.2, -0.15) is 5.26 Å². The van der Waals surface area contributed by atoms with Crippen LogP contribution < -0.4 is 10.0 Å². The molecule has 3 aromatic carbocycles. The van der Waals surface area contributed by atoms with Crippen molar-refractivity contribution in [3.63, 3.8) is 0 Å². The van der Waals surface area contributed by atoms with E-state index in [2.05, 4.69) is 10.0 Å². The van der Waals surface area contributed by atoms with Crippen molar-refractivity contribution in [2.45, 2.75) is 4.90 Å². The third-order valence-electron chi connectivity index (χ3n) is 3.83. The van der Waals surface area contributed by atoms with Crippen LogP contribution in [-0.2, 0) is 10.0 Å². The number of carbonyl (C=O) groups excluding carboxylic acids is 1. The minimum Gasteiger partial charge on any atom is -0.322 e. The minimum atomic E-state index is -3.92. The van der Waals surface area contributed by atoms with Crippen LogP contribution >= 0.6 is 23.2 Å². The van der Waals surface area contributed by atoms with Crippen LogP contribution in [-0.4, -0.2) is 14.3 Å². The highest BCUT2D eigenvalue weighted by Gasteiger charge is 2.17. The first-order chi connectivity index (χ1) is 13.8. The fourth-order valence-electron chi connectivity index (χ4n) is 2.45. The molecule has 0 aliphatic heterocycles. The number of nitriles is 1. The fraction of sp³-hybridized carbons (Fsp3) is 0. The molecule has 0 fully saturated rings. The van der Waals surface area contributed by atoms with E-state index in [1.807, 2.05) is 6.07 Å². The quantitative estimate of drug-likeness (QED) is 0.581. The van der Waals surface area contributed by atoms with Crippen LogP contribution in [0.15, 0.2) is 71.6 Å². The molecule has 146 valence electrons. The molecule has 0 atom stereocenters. The van der Waals surface area contributed by atoms with E-state index >= 15 is 0 Å². The van der Waals surface area contributed by atoms with Crippen LogP contribution in [0, 0.1) is 11.3 Å². The Morgan fingerprint density at radius 2 is 1.62 bits per heavy atom. The number of anilines is 2. The van der Waals surface area contributed by atoms with Crippen molar-refractivity contribution < 1.29 is 13.2 Å². The number of hydrogen-bond donors (Lipinski definition) is 2. The Morgan fingerprint density at radius 3 is 2.34 bits per heavy atom. The summed E-state index contributed by atoms with van der Waals surface area (Å²) in [5.41, 5.74) is 1.30. The zero-order chi connectivity index (χ0) is 21.0. The Labute approximate surface area is 177 Å². The lowest BCUT2D eigenvalue weighted by Gasteiger charge is -2.11. The first kappa shape index (κ1) is 20.7. The number of sulfonamides is 1. The Bertz CT molecular complexity index is 1240. The normalized spacial score (nSPS) is 10.8. The van der Waals surface area contributed by atoms with Crippen LogP contribution in [0.1, 0.15) is 15.9 Å². The van der Waals surface area contributed by atoms with Gasteiger partial charge in [0.2, 0.25) is 0 Å². The van der Waals surface area contributed by atoms with Gasteiger partial charge in [0.05, 0.1) is 26.6 Å². The van der Waals surface area contributed by atoms with Gasteiger partial charge in [-0.3, -0.25) is 9.52 Å². The average Bonchev–Trinajstić information content (AvgIpc) is 2.70. The van der Waals surface area contributed by atoms with E-state index in [4.69, 9.17) is 28.5 Å². The number of carbonyl (C=O) groups is 1. The van der Waals surface area contributed by atoms with E-state index in [-0.39, 0.29) is 26.2 Å². The summed E-state index contributed by atoms with van der Waals surface area (Å²) < 4.78 is 27.5. The van der Waals surface area contributed by atoms with Crippen molar-refractivity contribution in [3.05, 3.63) is 87.9 Å². The predicted molar refractivity (Wildman–Crippen MR) is 113 cm³/mol. The topological polar surface area (TPSA) is 99.1 Å². The Balaban J connectivity index is 1.80. The van der Waals surface area contributed by atoms with Gasteiger partial charge in [0.1, 0.15) is 0 Å². The van der Waals surface area contributed by atoms with E-state index in [0.717, 1.165) is 0 Å². The Kier molecular flexibility index (Phi) is 6.09. The van der Waals surface area contributed by atoms with E-state index < -0.39 is 15.9 Å². The highest BCUT2D eigenvalue weighted by Crippen LogP contribution is 2.26. The van der Waals surface area contributed by atoms with Crippen molar-refractivity contribution >= 4 is 50.5 Å². The molecule has 6 nitrogen and oxygen atoms in total. The molecule has 0 spiro atoms. The molecule has 0 bridgehead atoms. The third kappa shape index (κ3) is 5.06. The van der Waals surface area contributed by atoms with Crippen molar-refractivity contribution in [2.75, 3.05) is 10.0 Å². The first-order valence-corrected chi connectivity index (χ1v) is 10.4. The van der Waals surface area contributed by atoms with Gasteiger partial charge >= 0.3 is 0 Å². The summed E-state index contributed by atoms with van der Waals surface area (Å²) in [6.45, 7) is 0. The van der Waals surface area contributed by atoms with Crippen LogP contribution in [0.2, 0.25) is 10.0 Å². The lowest BCUT2D eigenvalue weighted by Crippen LogP contribution is -2.15. The van der Waals surface area contributed by atoms with Crippen LogP contribution in [0.4, 0.5) is 11.4 Å². The van der Waals surface area contributed by atoms with E-state index in [9.17, 15) is 13.2 Å². The number of nitrogens with one attached hydrogen (secondary N) is 2. The SMILES string of the molecule is N#Cc1cccc(NC(=O)c2cccc(NS(=O)(=O)c3ccc(Cl)c(Cl)c3)c2)c1. The summed E-state index contributed by atoms with van der Waals surface area (Å²) in [4.78, 5) is 12.4. The van der Waals surface area contributed by atoms with Crippen molar-refractivity contribution in [3.8, 4) is 6.07 Å². The fourth-order valence-corrected chi connectivity index (χ4v) is 3.89. The zero-order valence-electron chi connectivity index (χ0n) is 14.7. The molecule has 3 rings (SSSR count). The van der Waals surface area contributed by atoms with Gasteiger partial charge in [0.25, 0.3) is 15.9 Å². The monoisotopic (exact) mass is 445 g/mol. The molecule has 3 aromatic rings. The lowest BCUT2D eigenvalue weighted by molar-refractivity contribution is 0.102. The predicted octanol–water partition coefficient (Wildman–Crippen LogP) is 4.92. The molecule has 29 heavy (non-hydrogen) atoms. The number of halogens is 2. The summed E-state index contributed by atoms with van der Waals surface area (Å²) in [5, 5.41) is 12.0. The van der Waals surface area contributed by atoms with E-state index in [1.165, 1.54) is 36.4 Å². The molecule has 0 aromatic heterocycles. The molecule has 2 N–H and O–H groups in total. The molecule has 0 unspecified atom stereocenters. The van der Waals surface area contributed by atoms with Crippen LogP contribution in [0.5, 0.6) is 0 Å². The zero-order valence-corrected chi connectivity index (χ0v) is 17.0. The molecule has 9 heteroatoms. The molecule has 0 saturated heterocycles. The van der Waals surface area contributed by atoms with Crippen molar-refractivity contribution in [1.82, 2.24) is 0 Å². The summed E-state index contributed by atoms with van der Waals surface area (Å²) >= 11 is 11.7. The molecular weight excluding hydrogens is 433 g/mol. The number of benzene rings is 3. The highest BCUT2D eigenvalue weighted by molar-refractivity contribution is 7.92. The van der Waals surface area contributed by atoms with Crippen molar-refractivity contribution in [2.24, 2.45) is 0 Å². The number of hydrogen-bond acceptors (Lipinski definition) is 4. The molecule has 0 aliphatic carbocycles. The average molecular weight is 446 g/mol. The summed E-state index contributed by atoms with van der Waals surface area (Å²) in [5.74, 6) is -0.448. The standard InChI is InChI=1S/C20H13Cl2N3O3S/c21-18-8-7-17(11-19(18)22)29(27,28)25-16-6-2-4-14(10-16)20(26)24-15-5-1-3-13(9-15)12-23/h1-11,25H,(H,24,26). The lowest BCUT2D eigenvalue weighted by atomic mass is 10.1. The Morgan fingerprint density at radius 1 is 0.897 bits per heavy atom. The minimum absolute atomic E-state index is 0.0601. The second kappa shape index (κ2) is 8.53. The maximum Gasteiger partial charge on any atom is 0.261 e. The molecule has 0 radical (unpaired) electrons. The highest BCUT2D eigenvalue weighted by atomic mass is 35.5. The van der Waals surface area contributed by atoms with Gasteiger partial charge < -0.3 is 5.32 Å².